The molecule has 2 aromatic rings. The summed E-state index contributed by atoms with van der Waals surface area (Å²) in [5.41, 5.74) is 2.35. The van der Waals surface area contributed by atoms with Crippen molar-refractivity contribution in [2.45, 2.75) is 3.79 Å². The lowest BCUT2D eigenvalue weighted by Gasteiger charge is -2.12. The SMILES string of the molecule is Fc1ccc(-c2cccc(C(Cl)(Cl)Cl)c2)cc1. The van der Waals surface area contributed by atoms with Gasteiger partial charge in [0.15, 0.2) is 0 Å². The lowest BCUT2D eigenvalue weighted by atomic mass is 10.0. The van der Waals surface area contributed by atoms with E-state index < -0.39 is 3.79 Å². The Hall–Kier alpha value is -0.760. The van der Waals surface area contributed by atoms with Gasteiger partial charge in [0.1, 0.15) is 5.82 Å². The Morgan fingerprint density at radius 1 is 0.824 bits per heavy atom. The molecule has 0 fully saturated rings. The average Bonchev–Trinajstić information content (AvgIpc) is 2.29. The molecule has 0 radical (unpaired) electrons. The van der Waals surface area contributed by atoms with E-state index in [1.165, 1.54) is 12.1 Å². The highest BCUT2D eigenvalue weighted by molar-refractivity contribution is 6.66. The topological polar surface area (TPSA) is 0 Å². The zero-order valence-electron chi connectivity index (χ0n) is 8.63. The van der Waals surface area contributed by atoms with Crippen LogP contribution in [-0.2, 0) is 3.79 Å². The van der Waals surface area contributed by atoms with E-state index in [2.05, 4.69) is 0 Å². The summed E-state index contributed by atoms with van der Waals surface area (Å²) < 4.78 is 11.4. The van der Waals surface area contributed by atoms with Crippen molar-refractivity contribution in [3.8, 4) is 11.1 Å². The summed E-state index contributed by atoms with van der Waals surface area (Å²) in [5.74, 6) is -0.272. The van der Waals surface area contributed by atoms with Gasteiger partial charge < -0.3 is 0 Å². The minimum absolute atomic E-state index is 0.272. The molecule has 0 bridgehead atoms. The van der Waals surface area contributed by atoms with E-state index >= 15 is 0 Å². The average molecular weight is 290 g/mol. The molecule has 0 aromatic heterocycles. The minimum Gasteiger partial charge on any atom is -0.207 e. The Kier molecular flexibility index (Phi) is 3.62. The first-order chi connectivity index (χ1) is 7.97. The standard InChI is InChI=1S/C13H8Cl3F/c14-13(15,16)11-3-1-2-10(8-11)9-4-6-12(17)7-5-9/h1-8H. The highest BCUT2D eigenvalue weighted by Gasteiger charge is 2.22. The Morgan fingerprint density at radius 3 is 2.06 bits per heavy atom. The molecule has 0 saturated heterocycles. The van der Waals surface area contributed by atoms with Crippen LogP contribution in [0.2, 0.25) is 0 Å². The van der Waals surface area contributed by atoms with E-state index in [0.29, 0.717) is 5.56 Å². The van der Waals surface area contributed by atoms with E-state index in [1.807, 2.05) is 6.07 Å². The van der Waals surface area contributed by atoms with E-state index in [4.69, 9.17) is 34.8 Å². The zero-order chi connectivity index (χ0) is 12.5. The summed E-state index contributed by atoms with van der Waals surface area (Å²) >= 11 is 17.4. The molecule has 0 spiro atoms. The molecular weight excluding hydrogens is 282 g/mol. The van der Waals surface area contributed by atoms with Crippen LogP contribution in [0.5, 0.6) is 0 Å². The molecule has 0 heterocycles. The maximum Gasteiger partial charge on any atom is 0.216 e. The molecule has 0 nitrogen and oxygen atoms in total. The van der Waals surface area contributed by atoms with Crippen molar-refractivity contribution < 1.29 is 4.39 Å². The monoisotopic (exact) mass is 288 g/mol. The van der Waals surface area contributed by atoms with E-state index in [0.717, 1.165) is 11.1 Å². The molecule has 0 aliphatic carbocycles. The van der Waals surface area contributed by atoms with Crippen molar-refractivity contribution in [3.63, 3.8) is 0 Å². The van der Waals surface area contributed by atoms with Crippen LogP contribution in [0.15, 0.2) is 48.5 Å². The normalized spacial score (nSPS) is 11.5. The van der Waals surface area contributed by atoms with E-state index in [1.54, 1.807) is 30.3 Å². The molecule has 17 heavy (non-hydrogen) atoms. The van der Waals surface area contributed by atoms with Crippen molar-refractivity contribution >= 4 is 34.8 Å². The molecule has 0 atom stereocenters. The number of hydrogen-bond donors (Lipinski definition) is 0. The summed E-state index contributed by atoms with van der Waals surface area (Å²) in [7, 11) is 0. The highest BCUT2D eigenvalue weighted by atomic mass is 35.6. The summed E-state index contributed by atoms with van der Waals surface area (Å²) in [4.78, 5) is 0. The number of halogens is 4. The molecule has 0 aliphatic heterocycles. The van der Waals surface area contributed by atoms with Crippen molar-refractivity contribution in [2.24, 2.45) is 0 Å². The smallest absolute Gasteiger partial charge is 0.207 e. The Balaban J connectivity index is 2.43. The lowest BCUT2D eigenvalue weighted by molar-refractivity contribution is 0.628. The van der Waals surface area contributed by atoms with Crippen LogP contribution >= 0.6 is 34.8 Å². The van der Waals surface area contributed by atoms with Gasteiger partial charge in [-0.3, -0.25) is 0 Å². The number of benzene rings is 2. The molecule has 2 aromatic carbocycles. The van der Waals surface area contributed by atoms with Gasteiger partial charge in [0.2, 0.25) is 3.79 Å². The van der Waals surface area contributed by atoms with Gasteiger partial charge in [-0.15, -0.1) is 0 Å². The molecule has 2 rings (SSSR count). The van der Waals surface area contributed by atoms with Gasteiger partial charge in [0, 0.05) is 5.56 Å². The second-order valence-corrected chi connectivity index (χ2v) is 5.87. The van der Waals surface area contributed by atoms with Crippen LogP contribution in [0.25, 0.3) is 11.1 Å². The second kappa shape index (κ2) is 4.85. The summed E-state index contributed by atoms with van der Waals surface area (Å²) in [6.45, 7) is 0. The first-order valence-corrected chi connectivity index (χ1v) is 6.03. The van der Waals surface area contributed by atoms with Crippen LogP contribution in [-0.4, -0.2) is 0 Å². The Bertz CT molecular complexity index is 515. The van der Waals surface area contributed by atoms with Crippen molar-refractivity contribution in [3.05, 3.63) is 59.9 Å². The van der Waals surface area contributed by atoms with Gasteiger partial charge in [-0.05, 0) is 29.3 Å². The van der Waals surface area contributed by atoms with E-state index in [-0.39, 0.29) is 5.82 Å². The third-order valence-corrected chi connectivity index (χ3v) is 3.02. The maximum absolute atomic E-state index is 12.8. The highest BCUT2D eigenvalue weighted by Crippen LogP contribution is 2.39. The third kappa shape index (κ3) is 3.12. The molecule has 0 aliphatic rings. The van der Waals surface area contributed by atoms with Gasteiger partial charge in [-0.25, -0.2) is 4.39 Å². The molecule has 0 N–H and O–H groups in total. The van der Waals surface area contributed by atoms with Crippen molar-refractivity contribution in [2.75, 3.05) is 0 Å². The van der Waals surface area contributed by atoms with Crippen molar-refractivity contribution in [1.29, 1.82) is 0 Å². The van der Waals surface area contributed by atoms with Crippen LogP contribution in [0.3, 0.4) is 0 Å². The van der Waals surface area contributed by atoms with Crippen molar-refractivity contribution in [1.82, 2.24) is 0 Å². The molecule has 0 saturated carbocycles. The lowest BCUT2D eigenvalue weighted by Crippen LogP contribution is -1.99. The Labute approximate surface area is 114 Å². The van der Waals surface area contributed by atoms with Gasteiger partial charge >= 0.3 is 0 Å². The predicted molar refractivity (Wildman–Crippen MR) is 71.1 cm³/mol. The van der Waals surface area contributed by atoms with Gasteiger partial charge in [0.25, 0.3) is 0 Å². The predicted octanol–water partition coefficient (Wildman–Crippen LogP) is 5.32. The summed E-state index contributed by atoms with van der Waals surface area (Å²) in [6, 6.07) is 13.4. The molecule has 0 unspecified atom stereocenters. The first kappa shape index (κ1) is 12.7. The minimum atomic E-state index is -1.45. The number of rotatable bonds is 1. The van der Waals surface area contributed by atoms with Gasteiger partial charge in [-0.2, -0.15) is 0 Å². The van der Waals surface area contributed by atoms with Gasteiger partial charge in [-0.1, -0.05) is 65.1 Å². The third-order valence-electron chi connectivity index (χ3n) is 2.37. The maximum atomic E-state index is 12.8. The van der Waals surface area contributed by atoms with Crippen LogP contribution in [0.4, 0.5) is 4.39 Å². The fourth-order valence-electron chi connectivity index (χ4n) is 1.52. The van der Waals surface area contributed by atoms with Crippen LogP contribution in [0.1, 0.15) is 5.56 Å². The molecule has 4 heteroatoms. The summed E-state index contributed by atoms with van der Waals surface area (Å²) in [6.07, 6.45) is 0. The van der Waals surface area contributed by atoms with Gasteiger partial charge in [0.05, 0.1) is 0 Å². The fraction of sp³-hybridized carbons (Fsp3) is 0.0769. The molecule has 88 valence electrons. The first-order valence-electron chi connectivity index (χ1n) is 4.90. The Morgan fingerprint density at radius 2 is 1.47 bits per heavy atom. The largest absolute Gasteiger partial charge is 0.216 e. The van der Waals surface area contributed by atoms with Crippen LogP contribution < -0.4 is 0 Å². The quantitative estimate of drug-likeness (QED) is 0.623. The summed E-state index contributed by atoms with van der Waals surface area (Å²) in [5, 5.41) is 0. The second-order valence-electron chi connectivity index (χ2n) is 3.59. The molecular formula is C13H8Cl3F. The number of hydrogen-bond acceptors (Lipinski definition) is 0. The molecule has 0 amide bonds. The zero-order valence-corrected chi connectivity index (χ0v) is 10.9. The van der Waals surface area contributed by atoms with E-state index in [9.17, 15) is 4.39 Å². The van der Waals surface area contributed by atoms with Crippen LogP contribution in [0, 0.1) is 5.82 Å². The number of alkyl halides is 3. The fourth-order valence-corrected chi connectivity index (χ4v) is 1.87.